The van der Waals surface area contributed by atoms with E-state index in [4.69, 9.17) is 21.7 Å². The van der Waals surface area contributed by atoms with Crippen LogP contribution in [0.2, 0.25) is 0 Å². The van der Waals surface area contributed by atoms with Gasteiger partial charge in [-0.1, -0.05) is 49.4 Å². The molecule has 8 nitrogen and oxygen atoms in total. The average molecular weight is 484 g/mol. The largest absolute Gasteiger partial charge is 0.493 e. The van der Waals surface area contributed by atoms with Gasteiger partial charge in [-0.3, -0.25) is 19.7 Å². The third-order valence-electron chi connectivity index (χ3n) is 5.26. The van der Waals surface area contributed by atoms with Crippen LogP contribution in [0, 0.1) is 0 Å². The minimum Gasteiger partial charge on any atom is -0.493 e. The van der Waals surface area contributed by atoms with Crippen molar-refractivity contribution >= 4 is 35.1 Å². The van der Waals surface area contributed by atoms with Crippen LogP contribution in [0.15, 0.2) is 54.6 Å². The molecule has 2 aromatic rings. The molecule has 2 aromatic carbocycles. The van der Waals surface area contributed by atoms with E-state index in [2.05, 4.69) is 10.6 Å². The van der Waals surface area contributed by atoms with Crippen LogP contribution in [0.4, 0.5) is 0 Å². The van der Waals surface area contributed by atoms with Crippen LogP contribution in [-0.2, 0) is 20.7 Å². The fourth-order valence-electron chi connectivity index (χ4n) is 3.53. The quantitative estimate of drug-likeness (QED) is 0.418. The van der Waals surface area contributed by atoms with Gasteiger partial charge in [0, 0.05) is 19.5 Å². The molecule has 1 unspecified atom stereocenters. The lowest BCUT2D eigenvalue weighted by Crippen LogP contribution is -2.60. The maximum atomic E-state index is 12.9. The molecule has 1 aliphatic heterocycles. The summed E-state index contributed by atoms with van der Waals surface area (Å²) in [6.45, 7) is 3.39. The Kier molecular flexibility index (Phi) is 9.40. The zero-order valence-electron chi connectivity index (χ0n) is 19.1. The molecular formula is C25H29N3O5S. The number of amides is 2. The molecule has 0 bridgehead atoms. The van der Waals surface area contributed by atoms with Gasteiger partial charge in [0.25, 0.3) is 5.91 Å². The molecule has 1 fully saturated rings. The molecule has 2 amide bonds. The van der Waals surface area contributed by atoms with Gasteiger partial charge in [-0.05, 0) is 36.3 Å². The van der Waals surface area contributed by atoms with Crippen molar-refractivity contribution in [2.45, 2.75) is 32.2 Å². The number of piperazine rings is 1. The number of benzene rings is 2. The average Bonchev–Trinajstić information content (AvgIpc) is 2.84. The van der Waals surface area contributed by atoms with Gasteiger partial charge in [0.15, 0.2) is 5.11 Å². The van der Waals surface area contributed by atoms with Crippen molar-refractivity contribution in [3.63, 3.8) is 0 Å². The van der Waals surface area contributed by atoms with E-state index in [0.717, 1.165) is 12.0 Å². The van der Waals surface area contributed by atoms with E-state index in [1.165, 1.54) is 0 Å². The number of para-hydroxylation sites is 1. The first-order valence-electron chi connectivity index (χ1n) is 11.3. The molecule has 0 saturated carbocycles. The summed E-state index contributed by atoms with van der Waals surface area (Å²) in [7, 11) is 0. The number of carbonyl (C=O) groups excluding carboxylic acids is 3. The molecule has 1 saturated heterocycles. The standard InChI is InChI=1S/C25H29N3O5S/c1-2-15-32-21-11-7-6-10-19(21)23(30)27-25(34)28-14-13-26-24(31)20(28)17-22(29)33-16-12-18-8-4-3-5-9-18/h3-11,20H,2,12-17H2,1H3,(H,26,31)(H,27,30,34). The zero-order chi connectivity index (χ0) is 24.3. The molecule has 180 valence electrons. The number of hydrogen-bond acceptors (Lipinski definition) is 6. The SMILES string of the molecule is CCCOc1ccccc1C(=O)NC(=S)N1CCNC(=O)C1CC(=O)OCCc1ccccc1. The number of nitrogens with zero attached hydrogens (tertiary/aromatic N) is 1. The molecule has 0 aliphatic carbocycles. The first-order valence-corrected chi connectivity index (χ1v) is 11.7. The highest BCUT2D eigenvalue weighted by molar-refractivity contribution is 7.80. The van der Waals surface area contributed by atoms with E-state index < -0.39 is 17.9 Å². The predicted molar refractivity (Wildman–Crippen MR) is 132 cm³/mol. The second kappa shape index (κ2) is 12.7. The van der Waals surface area contributed by atoms with E-state index in [-0.39, 0.29) is 24.0 Å². The highest BCUT2D eigenvalue weighted by Crippen LogP contribution is 2.19. The van der Waals surface area contributed by atoms with Crippen LogP contribution < -0.4 is 15.4 Å². The van der Waals surface area contributed by atoms with E-state index in [9.17, 15) is 14.4 Å². The number of ether oxygens (including phenoxy) is 2. The maximum absolute atomic E-state index is 12.9. The van der Waals surface area contributed by atoms with Crippen molar-refractivity contribution in [3.8, 4) is 5.75 Å². The first-order chi connectivity index (χ1) is 16.5. The van der Waals surface area contributed by atoms with Gasteiger partial charge >= 0.3 is 5.97 Å². The van der Waals surface area contributed by atoms with Gasteiger partial charge in [-0.2, -0.15) is 0 Å². The lowest BCUT2D eigenvalue weighted by molar-refractivity contribution is -0.147. The summed E-state index contributed by atoms with van der Waals surface area (Å²) in [6.07, 6.45) is 1.22. The molecule has 9 heteroatoms. The minimum absolute atomic E-state index is 0.0761. The zero-order valence-corrected chi connectivity index (χ0v) is 19.9. The third-order valence-corrected chi connectivity index (χ3v) is 5.60. The fourth-order valence-corrected chi connectivity index (χ4v) is 3.84. The molecular weight excluding hydrogens is 454 g/mol. The smallest absolute Gasteiger partial charge is 0.308 e. The summed E-state index contributed by atoms with van der Waals surface area (Å²) >= 11 is 5.44. The van der Waals surface area contributed by atoms with Crippen molar-refractivity contribution in [3.05, 3.63) is 65.7 Å². The third kappa shape index (κ3) is 7.02. The van der Waals surface area contributed by atoms with E-state index in [1.807, 2.05) is 37.3 Å². The van der Waals surface area contributed by atoms with Crippen LogP contribution >= 0.6 is 12.2 Å². The van der Waals surface area contributed by atoms with Crippen LogP contribution in [-0.4, -0.2) is 60.1 Å². The van der Waals surface area contributed by atoms with Crippen molar-refractivity contribution in [2.75, 3.05) is 26.3 Å². The Hall–Kier alpha value is -3.46. The number of carbonyl (C=O) groups is 3. The molecule has 1 heterocycles. The maximum Gasteiger partial charge on any atom is 0.308 e. The van der Waals surface area contributed by atoms with Crippen LogP contribution in [0.1, 0.15) is 35.7 Å². The van der Waals surface area contributed by atoms with E-state index in [0.29, 0.717) is 37.4 Å². The Morgan fingerprint density at radius 2 is 1.85 bits per heavy atom. The first kappa shape index (κ1) is 25.2. The van der Waals surface area contributed by atoms with Gasteiger partial charge in [0.1, 0.15) is 11.8 Å². The molecule has 1 atom stereocenters. The highest BCUT2D eigenvalue weighted by Gasteiger charge is 2.34. The Morgan fingerprint density at radius 1 is 1.12 bits per heavy atom. The number of nitrogens with one attached hydrogen (secondary N) is 2. The molecule has 0 radical (unpaired) electrons. The summed E-state index contributed by atoms with van der Waals surface area (Å²) in [6, 6.07) is 15.7. The molecule has 3 rings (SSSR count). The summed E-state index contributed by atoms with van der Waals surface area (Å²) in [5.41, 5.74) is 1.40. The lowest BCUT2D eigenvalue weighted by atomic mass is 10.1. The Balaban J connectivity index is 1.59. The Morgan fingerprint density at radius 3 is 2.62 bits per heavy atom. The van der Waals surface area contributed by atoms with Gasteiger partial charge in [0.05, 0.1) is 25.2 Å². The van der Waals surface area contributed by atoms with Crippen molar-refractivity contribution < 1.29 is 23.9 Å². The summed E-state index contributed by atoms with van der Waals surface area (Å²) in [4.78, 5) is 39.4. The molecule has 0 spiro atoms. The number of esters is 1. The van der Waals surface area contributed by atoms with Crippen LogP contribution in [0.25, 0.3) is 0 Å². The summed E-state index contributed by atoms with van der Waals surface area (Å²) in [5.74, 6) is -0.823. The topological polar surface area (TPSA) is 97.0 Å². The van der Waals surface area contributed by atoms with E-state index >= 15 is 0 Å². The number of thiocarbonyl (C=S) groups is 1. The molecule has 1 aliphatic rings. The molecule has 34 heavy (non-hydrogen) atoms. The summed E-state index contributed by atoms with van der Waals surface area (Å²) < 4.78 is 11.0. The minimum atomic E-state index is -0.864. The van der Waals surface area contributed by atoms with Crippen LogP contribution in [0.3, 0.4) is 0 Å². The van der Waals surface area contributed by atoms with Crippen molar-refractivity contribution in [1.29, 1.82) is 0 Å². The van der Waals surface area contributed by atoms with Gasteiger partial charge in [0.2, 0.25) is 5.91 Å². The second-order valence-electron chi connectivity index (χ2n) is 7.76. The normalized spacial score (nSPS) is 15.3. The lowest BCUT2D eigenvalue weighted by Gasteiger charge is -2.36. The van der Waals surface area contributed by atoms with Crippen LogP contribution in [0.5, 0.6) is 5.75 Å². The van der Waals surface area contributed by atoms with Gasteiger partial charge < -0.3 is 19.7 Å². The van der Waals surface area contributed by atoms with Gasteiger partial charge in [-0.25, -0.2) is 0 Å². The fraction of sp³-hybridized carbons (Fsp3) is 0.360. The molecule has 0 aromatic heterocycles. The van der Waals surface area contributed by atoms with Crippen molar-refractivity contribution in [1.82, 2.24) is 15.5 Å². The summed E-state index contributed by atoms with van der Waals surface area (Å²) in [5, 5.41) is 5.49. The second-order valence-corrected chi connectivity index (χ2v) is 8.15. The predicted octanol–water partition coefficient (Wildman–Crippen LogP) is 2.47. The monoisotopic (exact) mass is 483 g/mol. The van der Waals surface area contributed by atoms with Crippen molar-refractivity contribution in [2.24, 2.45) is 0 Å². The van der Waals surface area contributed by atoms with E-state index in [1.54, 1.807) is 29.2 Å². The number of rotatable bonds is 9. The number of hydrogen-bond donors (Lipinski definition) is 2. The van der Waals surface area contributed by atoms with Gasteiger partial charge in [-0.15, -0.1) is 0 Å². The Bertz CT molecular complexity index is 1010. The molecule has 2 N–H and O–H groups in total. The highest BCUT2D eigenvalue weighted by atomic mass is 32.1. The Labute approximate surface area is 204 Å².